The molecule has 7 unspecified atom stereocenters. The van der Waals surface area contributed by atoms with Gasteiger partial charge in [-0.25, -0.2) is 4.68 Å². The highest BCUT2D eigenvalue weighted by Gasteiger charge is 2.74. The number of esters is 1. The average molecular weight is 865 g/mol. The van der Waals surface area contributed by atoms with Crippen LogP contribution in [0, 0.1) is 17.8 Å². The third-order valence-electron chi connectivity index (χ3n) is 12.7. The standard InChI is InChI=1S/C52H44N6O7/c59-28-29-64-38-22-12-21-37(31-38)48-52(39-30-33(25-26-40(39)54-51(52)63)14-13-27-57-42-24-11-10-23-41(42)55-56-57)44(49(61)53-32-43(60)34-15-4-1-5-16-34)46-50(62)65-47(36-19-8-3-9-20-36)45(58(46)48)35-17-6-2-7-18-35/h1-12,15-26,30-31,43-48,59-60H,27-29,32H2,(H,53,61)(H,54,63). The smallest absolute Gasteiger partial charge is 0.324 e. The molecule has 0 aliphatic carbocycles. The predicted molar refractivity (Wildman–Crippen MR) is 241 cm³/mol. The number of fused-ring (bicyclic) bond motifs is 4. The molecule has 6 aromatic carbocycles. The third-order valence-corrected chi connectivity index (χ3v) is 12.7. The molecule has 10 rings (SSSR count). The van der Waals surface area contributed by atoms with Gasteiger partial charge in [0.15, 0.2) is 0 Å². The molecule has 4 N–H and O–H groups in total. The van der Waals surface area contributed by atoms with E-state index in [1.165, 1.54) is 0 Å². The minimum atomic E-state index is -1.80. The number of aromatic nitrogens is 3. The highest BCUT2D eigenvalue weighted by Crippen LogP contribution is 2.65. The van der Waals surface area contributed by atoms with Crippen molar-refractivity contribution in [3.8, 4) is 17.6 Å². The topological polar surface area (TPSA) is 168 Å². The molecular formula is C52H44N6O7. The number of hydrogen-bond donors (Lipinski definition) is 4. The summed E-state index contributed by atoms with van der Waals surface area (Å²) in [4.78, 5) is 48.2. The lowest BCUT2D eigenvalue weighted by atomic mass is 9.65. The Labute approximate surface area is 374 Å². The number of rotatable bonds is 11. The van der Waals surface area contributed by atoms with E-state index in [9.17, 15) is 10.2 Å². The van der Waals surface area contributed by atoms with Crippen molar-refractivity contribution in [3.63, 3.8) is 0 Å². The van der Waals surface area contributed by atoms with Gasteiger partial charge in [0.25, 0.3) is 0 Å². The summed E-state index contributed by atoms with van der Waals surface area (Å²) < 4.78 is 14.2. The molecule has 13 nitrogen and oxygen atoms in total. The molecule has 7 aromatic rings. The van der Waals surface area contributed by atoms with Gasteiger partial charge >= 0.3 is 5.97 Å². The molecule has 0 saturated carbocycles. The van der Waals surface area contributed by atoms with Crippen molar-refractivity contribution in [1.82, 2.24) is 25.2 Å². The molecule has 1 aromatic heterocycles. The maximum Gasteiger partial charge on any atom is 0.324 e. The molecule has 13 heteroatoms. The van der Waals surface area contributed by atoms with Gasteiger partial charge in [-0.2, -0.15) is 0 Å². The summed E-state index contributed by atoms with van der Waals surface area (Å²) in [6.45, 7) is -0.168. The molecule has 3 aliphatic rings. The van der Waals surface area contributed by atoms with E-state index in [1.807, 2.05) is 114 Å². The maximum atomic E-state index is 15.6. The van der Waals surface area contributed by atoms with Gasteiger partial charge in [-0.15, -0.1) is 5.10 Å². The molecule has 0 bridgehead atoms. The van der Waals surface area contributed by atoms with Crippen LogP contribution in [0.4, 0.5) is 5.69 Å². The number of ether oxygens (including phenoxy) is 2. The Morgan fingerprint density at radius 1 is 0.831 bits per heavy atom. The van der Waals surface area contributed by atoms with E-state index in [-0.39, 0.29) is 26.3 Å². The van der Waals surface area contributed by atoms with Gasteiger partial charge in [-0.1, -0.05) is 132 Å². The largest absolute Gasteiger partial charge is 0.491 e. The fourth-order valence-electron chi connectivity index (χ4n) is 9.96. The van der Waals surface area contributed by atoms with Crippen LogP contribution in [0.3, 0.4) is 0 Å². The van der Waals surface area contributed by atoms with Crippen molar-refractivity contribution in [1.29, 1.82) is 0 Å². The Hall–Kier alpha value is -7.63. The average Bonchev–Trinajstić information content (AvgIpc) is 4.00. The molecule has 3 aliphatic heterocycles. The first kappa shape index (κ1) is 41.4. The second kappa shape index (κ2) is 17.5. The van der Waals surface area contributed by atoms with E-state index in [0.29, 0.717) is 33.7 Å². The van der Waals surface area contributed by atoms with Crippen molar-refractivity contribution in [2.75, 3.05) is 25.1 Å². The number of benzene rings is 6. The van der Waals surface area contributed by atoms with Gasteiger partial charge in [-0.05, 0) is 70.3 Å². The normalized spacial score (nSPS) is 22.6. The summed E-state index contributed by atoms with van der Waals surface area (Å²) in [5, 5.41) is 35.7. The van der Waals surface area contributed by atoms with Crippen LogP contribution in [0.5, 0.6) is 5.75 Å². The lowest BCUT2D eigenvalue weighted by Gasteiger charge is -2.46. The number of cyclic esters (lactones) is 1. The number of amides is 2. The lowest BCUT2D eigenvalue weighted by Crippen LogP contribution is -2.55. The van der Waals surface area contributed by atoms with Gasteiger partial charge in [0.2, 0.25) is 11.8 Å². The summed E-state index contributed by atoms with van der Waals surface area (Å²) in [6.07, 6.45) is -1.94. The van der Waals surface area contributed by atoms with E-state index in [1.54, 1.807) is 53.2 Å². The summed E-state index contributed by atoms with van der Waals surface area (Å²) in [5.41, 5.74) is 3.99. The van der Waals surface area contributed by atoms with Crippen molar-refractivity contribution < 1.29 is 34.1 Å². The second-order valence-electron chi connectivity index (χ2n) is 16.3. The number of hydrogen-bond acceptors (Lipinski definition) is 10. The van der Waals surface area contributed by atoms with Crippen LogP contribution in [-0.2, 0) is 31.1 Å². The first-order valence-corrected chi connectivity index (χ1v) is 21.5. The molecule has 1 spiro atoms. The van der Waals surface area contributed by atoms with Crippen LogP contribution < -0.4 is 15.4 Å². The Bertz CT molecular complexity index is 2950. The van der Waals surface area contributed by atoms with E-state index < -0.39 is 59.5 Å². The van der Waals surface area contributed by atoms with Crippen LogP contribution in [-0.4, -0.2) is 73.7 Å². The molecule has 65 heavy (non-hydrogen) atoms. The Kier molecular flexibility index (Phi) is 11.1. The SMILES string of the molecule is O=C1OC(c2ccccc2)C(c2ccccc2)N2C1C(C(=O)NCC(O)c1ccccc1)C1(C(=O)Nc3ccc(C#CCn4nnc5ccccc54)cc31)C2c1cccc(OCCO)c1. The highest BCUT2D eigenvalue weighted by atomic mass is 16.6. The van der Waals surface area contributed by atoms with Gasteiger partial charge in [0.1, 0.15) is 42.0 Å². The van der Waals surface area contributed by atoms with Crippen molar-refractivity contribution in [3.05, 3.63) is 191 Å². The third kappa shape index (κ3) is 7.37. The van der Waals surface area contributed by atoms with E-state index in [2.05, 4.69) is 32.8 Å². The fourth-order valence-corrected chi connectivity index (χ4v) is 9.96. The van der Waals surface area contributed by atoms with E-state index in [4.69, 9.17) is 9.47 Å². The Morgan fingerprint density at radius 2 is 1.54 bits per heavy atom. The number of para-hydroxylation sites is 1. The number of morpholine rings is 1. The van der Waals surface area contributed by atoms with Gasteiger partial charge in [0, 0.05) is 17.8 Å². The Balaban J connectivity index is 1.18. The number of carbonyl (C=O) groups excluding carboxylic acids is 3. The van der Waals surface area contributed by atoms with Crippen LogP contribution in [0.25, 0.3) is 11.0 Å². The lowest BCUT2D eigenvalue weighted by molar-refractivity contribution is -0.178. The zero-order chi connectivity index (χ0) is 44.5. The minimum absolute atomic E-state index is 0.0190. The number of carbonyl (C=O) groups is 3. The molecule has 2 amide bonds. The molecule has 324 valence electrons. The number of anilines is 1. The minimum Gasteiger partial charge on any atom is -0.491 e. The van der Waals surface area contributed by atoms with Gasteiger partial charge in [0.05, 0.1) is 36.2 Å². The van der Waals surface area contributed by atoms with E-state index >= 15 is 14.4 Å². The second-order valence-corrected chi connectivity index (χ2v) is 16.3. The van der Waals surface area contributed by atoms with Crippen molar-refractivity contribution in [2.24, 2.45) is 5.92 Å². The quantitative estimate of drug-likeness (QED) is 0.0898. The van der Waals surface area contributed by atoms with Gasteiger partial charge < -0.3 is 30.3 Å². The van der Waals surface area contributed by atoms with E-state index in [0.717, 1.165) is 22.2 Å². The fraction of sp³-hybridized carbons (Fsp3) is 0.212. The summed E-state index contributed by atoms with van der Waals surface area (Å²) in [6, 6.07) is 45.3. The number of aliphatic hydroxyl groups excluding tert-OH is 2. The molecular weight excluding hydrogens is 821 g/mol. The summed E-state index contributed by atoms with van der Waals surface area (Å²) in [7, 11) is 0. The summed E-state index contributed by atoms with van der Waals surface area (Å²) in [5.74, 6) is 3.71. The first-order chi connectivity index (χ1) is 31.9. The number of nitrogens with one attached hydrogen (secondary N) is 2. The van der Waals surface area contributed by atoms with Crippen molar-refractivity contribution >= 4 is 34.5 Å². The molecule has 7 atom stereocenters. The predicted octanol–water partition coefficient (Wildman–Crippen LogP) is 5.97. The van der Waals surface area contributed by atoms with Crippen LogP contribution in [0.15, 0.2) is 158 Å². The summed E-state index contributed by atoms with van der Waals surface area (Å²) >= 11 is 0. The molecule has 0 radical (unpaired) electrons. The zero-order valence-electron chi connectivity index (χ0n) is 35.0. The van der Waals surface area contributed by atoms with Gasteiger partial charge in [-0.3, -0.25) is 19.3 Å². The van der Waals surface area contributed by atoms with Crippen molar-refractivity contribution in [2.45, 2.75) is 42.3 Å². The number of nitrogens with zero attached hydrogens (tertiary/aromatic N) is 4. The molecule has 4 heterocycles. The maximum absolute atomic E-state index is 15.6. The Morgan fingerprint density at radius 3 is 2.31 bits per heavy atom. The molecule has 2 saturated heterocycles. The highest BCUT2D eigenvalue weighted by molar-refractivity contribution is 6.12. The van der Waals surface area contributed by atoms with Crippen LogP contribution >= 0.6 is 0 Å². The monoisotopic (exact) mass is 864 g/mol. The van der Waals surface area contributed by atoms with Crippen LogP contribution in [0.2, 0.25) is 0 Å². The zero-order valence-corrected chi connectivity index (χ0v) is 35.0. The molecule has 2 fully saturated rings. The van der Waals surface area contributed by atoms with Crippen LogP contribution in [0.1, 0.15) is 57.7 Å². The first-order valence-electron chi connectivity index (χ1n) is 21.5. The number of aliphatic hydroxyl groups is 2.